The van der Waals surface area contributed by atoms with E-state index in [0.717, 1.165) is 39.0 Å². The van der Waals surface area contributed by atoms with Crippen LogP contribution in [0.4, 0.5) is 4.79 Å². The maximum absolute atomic E-state index is 11.8. The second-order valence-corrected chi connectivity index (χ2v) is 8.43. The third kappa shape index (κ3) is 5.48. The zero-order chi connectivity index (χ0) is 24.8. The number of aromatic nitrogens is 2. The molecule has 0 spiro atoms. The van der Waals surface area contributed by atoms with Gasteiger partial charge in [-0.25, -0.2) is 9.78 Å². The van der Waals surface area contributed by atoms with E-state index in [1.807, 2.05) is 50.2 Å². The summed E-state index contributed by atoms with van der Waals surface area (Å²) in [6.07, 6.45) is 6.54. The number of para-hydroxylation sites is 1. The summed E-state index contributed by atoms with van der Waals surface area (Å²) in [6.45, 7) is 6.29. The van der Waals surface area contributed by atoms with Crippen LogP contribution in [0.3, 0.4) is 0 Å². The molecule has 0 unspecified atom stereocenters. The third-order valence-corrected chi connectivity index (χ3v) is 5.65. The number of allylic oxidation sites excluding steroid dienone is 2. The third-order valence-electron chi connectivity index (χ3n) is 5.32. The largest absolute Gasteiger partial charge is 0.487 e. The Bertz CT molecular complexity index is 1240. The molecule has 3 aromatic rings. The Morgan fingerprint density at radius 3 is 2.68 bits per heavy atom. The topological polar surface area (TPSA) is 67.8 Å². The molecule has 34 heavy (non-hydrogen) atoms. The van der Waals surface area contributed by atoms with Crippen molar-refractivity contribution in [2.24, 2.45) is 0 Å². The molecule has 1 aromatic carbocycles. The number of hydrogen-bond acceptors (Lipinski definition) is 6. The van der Waals surface area contributed by atoms with Crippen molar-refractivity contribution in [3.63, 3.8) is 0 Å². The molecule has 2 aromatic heterocycles. The van der Waals surface area contributed by atoms with Crippen molar-refractivity contribution in [2.45, 2.75) is 20.1 Å². The highest BCUT2D eigenvalue weighted by Crippen LogP contribution is 2.32. The number of methoxy groups -OCH3 is 1. The Hall–Kier alpha value is -3.58. The van der Waals surface area contributed by atoms with Crippen LogP contribution in [0.5, 0.6) is 5.75 Å². The van der Waals surface area contributed by atoms with Crippen molar-refractivity contribution < 1.29 is 14.3 Å². The van der Waals surface area contributed by atoms with E-state index in [2.05, 4.69) is 17.6 Å². The van der Waals surface area contributed by atoms with E-state index >= 15 is 0 Å². The second-order valence-electron chi connectivity index (χ2n) is 8.02. The van der Waals surface area contributed by atoms with Crippen molar-refractivity contribution in [2.75, 3.05) is 28.3 Å². The highest BCUT2D eigenvalue weighted by molar-refractivity contribution is 6.31. The summed E-state index contributed by atoms with van der Waals surface area (Å²) in [6, 6.07) is 7.92. The standard InChI is InChI=1S/C26H29ClN4O3/c1-7-9-23(30(3)4)20-12-17(2)29-25-19(20)10-8-11-24(25)34-16-21-18(13-28-14-22(21)27)15-31(5)26(32)33-6/h7-14H,1,15-16H2,2-6H3/b23-9-. The van der Waals surface area contributed by atoms with Gasteiger partial charge in [-0.2, -0.15) is 0 Å². The second kappa shape index (κ2) is 11.0. The van der Waals surface area contributed by atoms with Crippen LogP contribution >= 0.6 is 11.6 Å². The molecule has 8 heteroatoms. The van der Waals surface area contributed by atoms with Gasteiger partial charge in [-0.1, -0.05) is 36.4 Å². The number of amides is 1. The maximum atomic E-state index is 11.8. The van der Waals surface area contributed by atoms with Crippen molar-refractivity contribution in [3.8, 4) is 5.75 Å². The predicted molar refractivity (Wildman–Crippen MR) is 136 cm³/mol. The Balaban J connectivity index is 2.00. The first-order chi connectivity index (χ1) is 16.3. The van der Waals surface area contributed by atoms with Gasteiger partial charge in [0.15, 0.2) is 0 Å². The van der Waals surface area contributed by atoms with Crippen LogP contribution in [0, 0.1) is 6.92 Å². The summed E-state index contributed by atoms with van der Waals surface area (Å²) < 4.78 is 11.0. The first-order valence-electron chi connectivity index (χ1n) is 10.7. The normalized spacial score (nSPS) is 11.3. The van der Waals surface area contributed by atoms with Gasteiger partial charge in [0.25, 0.3) is 0 Å². The number of aryl methyl sites for hydroxylation is 1. The molecule has 0 aliphatic heterocycles. The molecule has 0 atom stereocenters. The Morgan fingerprint density at radius 1 is 1.24 bits per heavy atom. The van der Waals surface area contributed by atoms with E-state index in [0.29, 0.717) is 10.8 Å². The van der Waals surface area contributed by atoms with Gasteiger partial charge in [-0.3, -0.25) is 4.98 Å². The quantitative estimate of drug-likeness (QED) is 0.399. The highest BCUT2D eigenvalue weighted by Gasteiger charge is 2.17. The number of hydrogen-bond donors (Lipinski definition) is 0. The molecule has 0 aliphatic rings. The lowest BCUT2D eigenvalue weighted by Gasteiger charge is -2.21. The summed E-state index contributed by atoms with van der Waals surface area (Å²) in [5.74, 6) is 0.638. The molecule has 0 radical (unpaired) electrons. The van der Waals surface area contributed by atoms with Crippen molar-refractivity contribution in [1.82, 2.24) is 19.8 Å². The lowest BCUT2D eigenvalue weighted by molar-refractivity contribution is 0.131. The van der Waals surface area contributed by atoms with E-state index in [4.69, 9.17) is 26.1 Å². The van der Waals surface area contributed by atoms with Crippen LogP contribution < -0.4 is 4.74 Å². The first-order valence-corrected chi connectivity index (χ1v) is 11.1. The van der Waals surface area contributed by atoms with Gasteiger partial charge < -0.3 is 19.3 Å². The molecule has 178 valence electrons. The van der Waals surface area contributed by atoms with Gasteiger partial charge in [-0.05, 0) is 30.7 Å². The molecule has 0 aliphatic carbocycles. The lowest BCUT2D eigenvalue weighted by Crippen LogP contribution is -2.26. The minimum atomic E-state index is -0.447. The lowest BCUT2D eigenvalue weighted by atomic mass is 10.0. The highest BCUT2D eigenvalue weighted by atomic mass is 35.5. The molecule has 3 rings (SSSR count). The summed E-state index contributed by atoms with van der Waals surface area (Å²) >= 11 is 6.46. The Kier molecular flexibility index (Phi) is 8.12. The van der Waals surface area contributed by atoms with Crippen LogP contribution in [0.2, 0.25) is 5.02 Å². The number of fused-ring (bicyclic) bond motifs is 1. The minimum Gasteiger partial charge on any atom is -0.487 e. The number of carbonyl (C=O) groups excluding carboxylic acids is 1. The van der Waals surface area contributed by atoms with Crippen LogP contribution in [-0.4, -0.2) is 54.1 Å². The fraction of sp³-hybridized carbons (Fsp3) is 0.269. The molecule has 0 N–H and O–H groups in total. The average molecular weight is 481 g/mol. The van der Waals surface area contributed by atoms with Crippen molar-refractivity contribution in [1.29, 1.82) is 0 Å². The van der Waals surface area contributed by atoms with Gasteiger partial charge in [-0.15, -0.1) is 0 Å². The zero-order valence-electron chi connectivity index (χ0n) is 20.1. The number of ether oxygens (including phenoxy) is 2. The van der Waals surface area contributed by atoms with E-state index in [-0.39, 0.29) is 13.2 Å². The number of carbonyl (C=O) groups is 1. The van der Waals surface area contributed by atoms with Crippen LogP contribution in [0.15, 0.2) is 55.4 Å². The molecule has 0 saturated heterocycles. The Morgan fingerprint density at radius 2 is 2.00 bits per heavy atom. The molecule has 1 amide bonds. The maximum Gasteiger partial charge on any atom is 0.409 e. The van der Waals surface area contributed by atoms with E-state index < -0.39 is 6.09 Å². The van der Waals surface area contributed by atoms with Crippen molar-refractivity contribution >= 4 is 34.3 Å². The van der Waals surface area contributed by atoms with Gasteiger partial charge in [0.2, 0.25) is 0 Å². The Labute approximate surface area is 205 Å². The summed E-state index contributed by atoms with van der Waals surface area (Å²) in [4.78, 5) is 24.3. The predicted octanol–water partition coefficient (Wildman–Crippen LogP) is 5.46. The summed E-state index contributed by atoms with van der Waals surface area (Å²) in [7, 11) is 6.98. The number of benzene rings is 1. The first kappa shape index (κ1) is 25.1. The molecular formula is C26H29ClN4O3. The van der Waals surface area contributed by atoms with Gasteiger partial charge in [0.05, 0.1) is 18.7 Å². The average Bonchev–Trinajstić information content (AvgIpc) is 2.81. The molecule has 0 bridgehead atoms. The van der Waals surface area contributed by atoms with E-state index in [9.17, 15) is 4.79 Å². The van der Waals surface area contributed by atoms with Crippen LogP contribution in [0.25, 0.3) is 16.6 Å². The molecule has 0 saturated carbocycles. The van der Waals surface area contributed by atoms with E-state index in [1.165, 1.54) is 12.0 Å². The molecule has 7 nitrogen and oxygen atoms in total. The van der Waals surface area contributed by atoms with E-state index in [1.54, 1.807) is 25.5 Å². The number of rotatable bonds is 8. The molecule has 0 fully saturated rings. The smallest absolute Gasteiger partial charge is 0.409 e. The molecule has 2 heterocycles. The minimum absolute atomic E-state index is 0.193. The number of nitrogens with zero attached hydrogens (tertiary/aromatic N) is 4. The summed E-state index contributed by atoms with van der Waals surface area (Å²) in [5.41, 5.74) is 5.21. The van der Waals surface area contributed by atoms with Gasteiger partial charge >= 0.3 is 6.09 Å². The number of halogens is 1. The fourth-order valence-electron chi connectivity index (χ4n) is 3.70. The van der Waals surface area contributed by atoms with Gasteiger partial charge in [0.1, 0.15) is 17.9 Å². The number of pyridine rings is 2. The van der Waals surface area contributed by atoms with Crippen LogP contribution in [0.1, 0.15) is 22.4 Å². The molecular weight excluding hydrogens is 452 g/mol. The van der Waals surface area contributed by atoms with Crippen molar-refractivity contribution in [3.05, 3.63) is 82.8 Å². The van der Waals surface area contributed by atoms with Crippen LogP contribution in [-0.2, 0) is 17.9 Å². The fourth-order valence-corrected chi connectivity index (χ4v) is 3.93. The summed E-state index contributed by atoms with van der Waals surface area (Å²) in [5, 5.41) is 1.43. The van der Waals surface area contributed by atoms with Gasteiger partial charge in [0, 0.05) is 61.4 Å². The zero-order valence-corrected chi connectivity index (χ0v) is 20.9. The monoisotopic (exact) mass is 480 g/mol. The SMILES string of the molecule is C=C/C=C(/c1cc(C)nc2c(OCc3c(Cl)cncc3CN(C)C(=O)OC)cccc12)N(C)C.